The Morgan fingerprint density at radius 2 is 1.90 bits per heavy atom. The molecule has 2 aliphatic rings. The van der Waals surface area contributed by atoms with Gasteiger partial charge in [-0.25, -0.2) is 8.42 Å². The number of rotatable bonds is 3. The molecule has 6 nitrogen and oxygen atoms in total. The zero-order valence-corrected chi connectivity index (χ0v) is 19.9. The zero-order valence-electron chi connectivity index (χ0n) is 18.2. The van der Waals surface area contributed by atoms with Gasteiger partial charge in [-0.1, -0.05) is 12.1 Å². The highest BCUT2D eigenvalue weighted by molar-refractivity contribution is 7.99. The Morgan fingerprint density at radius 3 is 2.61 bits per heavy atom. The van der Waals surface area contributed by atoms with E-state index in [1.165, 1.54) is 12.5 Å². The number of piperazine rings is 1. The first-order chi connectivity index (χ1) is 14.8. The monoisotopic (exact) mass is 459 g/mol. The van der Waals surface area contributed by atoms with E-state index in [4.69, 9.17) is 0 Å². The quantitative estimate of drug-likeness (QED) is 0.700. The molecule has 2 aromatic carbocycles. The summed E-state index contributed by atoms with van der Waals surface area (Å²) in [5.74, 6) is 0.861. The highest BCUT2D eigenvalue weighted by Gasteiger charge is 2.33. The summed E-state index contributed by atoms with van der Waals surface area (Å²) in [6.07, 6.45) is 0.888. The summed E-state index contributed by atoms with van der Waals surface area (Å²) in [4.78, 5) is 17.4. The number of aryl methyl sites for hydroxylation is 1. The third-order valence-corrected chi connectivity index (χ3v) is 8.96. The Balaban J connectivity index is 1.59. The molecule has 1 saturated heterocycles. The number of carbonyl (C=O) groups is 1. The molecule has 2 heterocycles. The van der Waals surface area contributed by atoms with Gasteiger partial charge in [-0.05, 0) is 61.9 Å². The molecule has 166 valence electrons. The van der Waals surface area contributed by atoms with E-state index in [1.54, 1.807) is 33.1 Å². The van der Waals surface area contributed by atoms with Crippen molar-refractivity contribution in [2.24, 2.45) is 0 Å². The molecule has 0 bridgehead atoms. The Bertz CT molecular complexity index is 1090. The van der Waals surface area contributed by atoms with Crippen LogP contribution in [-0.4, -0.2) is 56.6 Å². The van der Waals surface area contributed by atoms with Crippen LogP contribution >= 0.6 is 11.8 Å². The third kappa shape index (κ3) is 4.47. The topological polar surface area (TPSA) is 60.9 Å². The van der Waals surface area contributed by atoms with Crippen molar-refractivity contribution >= 4 is 39.1 Å². The molecule has 0 saturated carbocycles. The second-order valence-electron chi connectivity index (χ2n) is 8.25. The lowest BCUT2D eigenvalue weighted by molar-refractivity contribution is -0.116. The molecule has 0 spiro atoms. The first-order valence-electron chi connectivity index (χ1n) is 10.7. The molecule has 1 amide bonds. The van der Waals surface area contributed by atoms with Crippen molar-refractivity contribution in [1.29, 1.82) is 0 Å². The van der Waals surface area contributed by atoms with Gasteiger partial charge in [0, 0.05) is 49.7 Å². The van der Waals surface area contributed by atoms with Gasteiger partial charge in [-0.3, -0.25) is 4.79 Å². The van der Waals surface area contributed by atoms with Crippen molar-refractivity contribution in [3.05, 3.63) is 48.0 Å². The highest BCUT2D eigenvalue weighted by atomic mass is 32.2. The average Bonchev–Trinajstić information content (AvgIpc) is 2.95. The van der Waals surface area contributed by atoms with Crippen molar-refractivity contribution < 1.29 is 13.2 Å². The summed E-state index contributed by atoms with van der Waals surface area (Å²) in [7, 11) is -3.64. The summed E-state index contributed by atoms with van der Waals surface area (Å²) in [5.41, 5.74) is 3.03. The van der Waals surface area contributed by atoms with Gasteiger partial charge < -0.3 is 9.80 Å². The number of benzene rings is 2. The van der Waals surface area contributed by atoms with Crippen LogP contribution in [0.2, 0.25) is 0 Å². The number of nitrogens with zero attached hydrogens (tertiary/aromatic N) is 3. The van der Waals surface area contributed by atoms with E-state index in [2.05, 4.69) is 36.9 Å². The van der Waals surface area contributed by atoms with E-state index in [-0.39, 0.29) is 16.8 Å². The molecule has 31 heavy (non-hydrogen) atoms. The summed E-state index contributed by atoms with van der Waals surface area (Å²) in [6.45, 7) is 7.79. The molecule has 2 aliphatic heterocycles. The van der Waals surface area contributed by atoms with Crippen LogP contribution in [0.1, 0.15) is 25.8 Å². The van der Waals surface area contributed by atoms with Crippen LogP contribution in [0, 0.1) is 6.92 Å². The van der Waals surface area contributed by atoms with Crippen LogP contribution in [0.3, 0.4) is 0 Å². The Kier molecular flexibility index (Phi) is 6.32. The molecule has 0 radical (unpaired) electrons. The molecule has 0 aliphatic carbocycles. The number of fused-ring (bicyclic) bond motifs is 1. The van der Waals surface area contributed by atoms with E-state index in [1.807, 2.05) is 12.1 Å². The molecule has 2 aromatic rings. The Hall–Kier alpha value is -2.03. The minimum atomic E-state index is -3.64. The molecule has 0 N–H and O–H groups in total. The minimum Gasteiger partial charge on any atom is -0.366 e. The van der Waals surface area contributed by atoms with Crippen LogP contribution in [0.25, 0.3) is 0 Å². The maximum atomic E-state index is 13.5. The number of thioether (sulfide) groups is 1. The summed E-state index contributed by atoms with van der Waals surface area (Å²) >= 11 is 1.68. The van der Waals surface area contributed by atoms with Gasteiger partial charge in [0.05, 0.1) is 10.6 Å². The number of carbonyl (C=O) groups excluding carboxylic acids is 1. The van der Waals surface area contributed by atoms with Crippen molar-refractivity contribution in [2.75, 3.05) is 41.7 Å². The Morgan fingerprint density at radius 1 is 1.10 bits per heavy atom. The van der Waals surface area contributed by atoms with Crippen LogP contribution in [0.4, 0.5) is 11.4 Å². The standard InChI is InChI=1S/C23H29N3O3S2/c1-17-6-4-7-20(14-17)25-12-11-24(16-18(25)2)31(28,29)21-8-9-23-22(15-21)26(19(3)27)10-5-13-30-23/h4,6-9,14-15,18H,5,10-13,16H2,1-3H3/t18-/m0/s1. The van der Waals surface area contributed by atoms with Crippen molar-refractivity contribution in [2.45, 2.75) is 43.0 Å². The van der Waals surface area contributed by atoms with Crippen molar-refractivity contribution in [3.8, 4) is 0 Å². The largest absolute Gasteiger partial charge is 0.366 e. The maximum absolute atomic E-state index is 13.5. The molecule has 1 fully saturated rings. The van der Waals surface area contributed by atoms with Crippen molar-refractivity contribution in [3.63, 3.8) is 0 Å². The van der Waals surface area contributed by atoms with Gasteiger partial charge in [0.15, 0.2) is 0 Å². The second kappa shape index (κ2) is 8.84. The third-order valence-electron chi connectivity index (χ3n) is 5.95. The normalized spacial score (nSPS) is 20.3. The first-order valence-corrected chi connectivity index (χ1v) is 13.1. The number of anilines is 2. The number of hydrogen-bond acceptors (Lipinski definition) is 5. The predicted molar refractivity (Wildman–Crippen MR) is 127 cm³/mol. The van der Waals surface area contributed by atoms with Gasteiger partial charge >= 0.3 is 0 Å². The fraction of sp³-hybridized carbons (Fsp3) is 0.435. The lowest BCUT2D eigenvalue weighted by atomic mass is 10.1. The van der Waals surface area contributed by atoms with E-state index < -0.39 is 10.0 Å². The average molecular weight is 460 g/mol. The van der Waals surface area contributed by atoms with Crippen LogP contribution in [0.15, 0.2) is 52.3 Å². The molecule has 8 heteroatoms. The van der Waals surface area contributed by atoms with Crippen LogP contribution in [-0.2, 0) is 14.8 Å². The second-order valence-corrected chi connectivity index (χ2v) is 11.3. The van der Waals surface area contributed by atoms with E-state index >= 15 is 0 Å². The van der Waals surface area contributed by atoms with Gasteiger partial charge in [0.25, 0.3) is 0 Å². The summed E-state index contributed by atoms with van der Waals surface area (Å²) in [6, 6.07) is 13.6. The highest BCUT2D eigenvalue weighted by Crippen LogP contribution is 2.36. The van der Waals surface area contributed by atoms with E-state index in [0.29, 0.717) is 31.9 Å². The lowest BCUT2D eigenvalue weighted by Gasteiger charge is -2.40. The van der Waals surface area contributed by atoms with E-state index in [0.717, 1.165) is 22.8 Å². The van der Waals surface area contributed by atoms with Gasteiger partial charge in [-0.2, -0.15) is 4.31 Å². The zero-order chi connectivity index (χ0) is 22.2. The summed E-state index contributed by atoms with van der Waals surface area (Å²) in [5, 5.41) is 0. The van der Waals surface area contributed by atoms with Gasteiger partial charge in [0.2, 0.25) is 15.9 Å². The van der Waals surface area contributed by atoms with Crippen LogP contribution in [0.5, 0.6) is 0 Å². The molecule has 4 rings (SSSR count). The molecule has 1 atom stereocenters. The minimum absolute atomic E-state index is 0.0568. The van der Waals surface area contributed by atoms with Gasteiger partial charge in [0.1, 0.15) is 0 Å². The SMILES string of the molecule is CC(=O)N1CCCSc2ccc(S(=O)(=O)N3CCN(c4cccc(C)c4)[C@@H](C)C3)cc21. The first kappa shape index (κ1) is 22.2. The molecule has 0 aromatic heterocycles. The fourth-order valence-electron chi connectivity index (χ4n) is 4.32. The molecular formula is C23H29N3O3S2. The number of amides is 1. The maximum Gasteiger partial charge on any atom is 0.243 e. The van der Waals surface area contributed by atoms with Crippen LogP contribution < -0.4 is 9.80 Å². The Labute approximate surface area is 189 Å². The van der Waals surface area contributed by atoms with Crippen molar-refractivity contribution in [1.82, 2.24) is 4.31 Å². The molecule has 0 unspecified atom stereocenters. The fourth-order valence-corrected chi connectivity index (χ4v) is 6.83. The number of sulfonamides is 1. The molecular weight excluding hydrogens is 430 g/mol. The smallest absolute Gasteiger partial charge is 0.243 e. The summed E-state index contributed by atoms with van der Waals surface area (Å²) < 4.78 is 28.5. The predicted octanol–water partition coefficient (Wildman–Crippen LogP) is 3.74. The van der Waals surface area contributed by atoms with E-state index in [9.17, 15) is 13.2 Å². The number of hydrogen-bond donors (Lipinski definition) is 0. The van der Waals surface area contributed by atoms with Gasteiger partial charge in [-0.15, -0.1) is 11.8 Å². The lowest BCUT2D eigenvalue weighted by Crippen LogP contribution is -2.53.